The van der Waals surface area contributed by atoms with Gasteiger partial charge in [-0.2, -0.15) is 0 Å². The van der Waals surface area contributed by atoms with E-state index >= 15 is 0 Å². The van der Waals surface area contributed by atoms with Crippen molar-refractivity contribution in [2.24, 2.45) is 0 Å². The summed E-state index contributed by atoms with van der Waals surface area (Å²) >= 11 is 1.37. The van der Waals surface area contributed by atoms with Gasteiger partial charge in [-0.15, -0.1) is 0 Å². The molecule has 1 aromatic carbocycles. The number of benzene rings is 1. The van der Waals surface area contributed by atoms with E-state index < -0.39 is 0 Å². The summed E-state index contributed by atoms with van der Waals surface area (Å²) in [6.07, 6.45) is 0. The maximum absolute atomic E-state index is 12.6. The first kappa shape index (κ1) is 7.74. The van der Waals surface area contributed by atoms with Crippen molar-refractivity contribution in [3.05, 3.63) is 35.4 Å². The Morgan fingerprint density at radius 2 is 2.00 bits per heavy atom. The van der Waals surface area contributed by atoms with Crippen LogP contribution in [0, 0.1) is 11.6 Å². The van der Waals surface area contributed by atoms with Gasteiger partial charge in [0.05, 0.1) is 0 Å². The van der Waals surface area contributed by atoms with Crippen LogP contribution in [0.4, 0.5) is 8.78 Å². The van der Waals surface area contributed by atoms with Crippen molar-refractivity contribution < 1.29 is 8.78 Å². The molecule has 0 heterocycles. The number of hydrogen-bond acceptors (Lipinski definition) is 0. The van der Waals surface area contributed by atoms with Gasteiger partial charge in [-0.3, -0.25) is 0 Å². The van der Waals surface area contributed by atoms with E-state index in [1.165, 1.54) is 22.9 Å². The van der Waals surface area contributed by atoms with Crippen molar-refractivity contribution in [2.45, 2.75) is 5.21 Å². The van der Waals surface area contributed by atoms with Crippen LogP contribution in [0.3, 0.4) is 0 Å². The zero-order chi connectivity index (χ0) is 7.56. The van der Waals surface area contributed by atoms with E-state index in [4.69, 9.17) is 0 Å². The molecule has 0 N–H and O–H groups in total. The molecule has 1 unspecified atom stereocenters. The molecule has 0 nitrogen and oxygen atoms in total. The molecule has 1 atom stereocenters. The van der Waals surface area contributed by atoms with E-state index in [-0.39, 0.29) is 11.6 Å². The van der Waals surface area contributed by atoms with Gasteiger partial charge in [-0.05, 0) is 0 Å². The average Bonchev–Trinajstić information content (AvgIpc) is 1.94. The third kappa shape index (κ3) is 1.57. The van der Waals surface area contributed by atoms with Crippen molar-refractivity contribution in [3.8, 4) is 0 Å². The van der Waals surface area contributed by atoms with Crippen molar-refractivity contribution in [3.63, 3.8) is 0 Å². The first-order valence-corrected chi connectivity index (χ1v) is 4.59. The van der Waals surface area contributed by atoms with E-state index in [1.54, 1.807) is 0 Å². The zero-order valence-electron chi connectivity index (χ0n) is 5.27. The number of hydrogen-bond donors (Lipinski definition) is 0. The summed E-state index contributed by atoms with van der Waals surface area (Å²) in [5.74, 6) is -0.681. The Balaban J connectivity index is 3.09. The second kappa shape index (κ2) is 3.16. The van der Waals surface area contributed by atoms with E-state index in [0.29, 0.717) is 10.8 Å². The van der Waals surface area contributed by atoms with Gasteiger partial charge in [0.25, 0.3) is 0 Å². The minimum absolute atomic E-state index is 0.314. The molecule has 0 bridgehead atoms. The fourth-order valence-corrected chi connectivity index (χ4v) is 1.36. The fraction of sp³-hybridized carbons (Fsp3) is 0.143. The first-order valence-electron chi connectivity index (χ1n) is 2.88. The first-order chi connectivity index (χ1) is 4.74. The molecule has 0 fully saturated rings. The molecule has 0 amide bonds. The Kier molecular flexibility index (Phi) is 2.44. The predicted octanol–water partition coefficient (Wildman–Crippen LogP) is 1.10. The van der Waals surface area contributed by atoms with E-state index in [1.807, 2.05) is 0 Å². The molecule has 0 aliphatic heterocycles. The number of rotatable bonds is 1. The molecular weight excluding hydrogens is 197 g/mol. The Morgan fingerprint density at radius 3 is 2.50 bits per heavy atom. The second-order valence-electron chi connectivity index (χ2n) is 1.94. The van der Waals surface area contributed by atoms with E-state index in [2.05, 4.69) is 0 Å². The summed E-state index contributed by atoms with van der Waals surface area (Å²) in [4.78, 5) is 0. The summed E-state index contributed by atoms with van der Waals surface area (Å²) in [7, 11) is 0. The summed E-state index contributed by atoms with van der Waals surface area (Å²) in [5.41, 5.74) is 0.458. The molecule has 0 saturated heterocycles. The van der Waals surface area contributed by atoms with Crippen LogP contribution in [0.25, 0.3) is 0 Å². The van der Waals surface area contributed by atoms with Gasteiger partial charge >= 0.3 is 66.2 Å². The third-order valence-electron chi connectivity index (χ3n) is 1.23. The van der Waals surface area contributed by atoms with Gasteiger partial charge in [0.15, 0.2) is 0 Å². The van der Waals surface area contributed by atoms with Crippen LogP contribution < -0.4 is 0 Å². The number of halogens is 2. The summed E-state index contributed by atoms with van der Waals surface area (Å²) in [6.45, 7) is 0. The molecule has 54 valence electrons. The van der Waals surface area contributed by atoms with Crippen LogP contribution in [0.5, 0.6) is 0 Å². The van der Waals surface area contributed by atoms with Gasteiger partial charge in [0.2, 0.25) is 0 Å². The molecule has 0 saturated carbocycles. The average molecular weight is 204 g/mol. The Morgan fingerprint density at radius 1 is 1.30 bits per heavy atom. The summed E-state index contributed by atoms with van der Waals surface area (Å²) < 4.78 is 25.0. The van der Waals surface area contributed by atoms with Crippen LogP contribution in [0.15, 0.2) is 18.2 Å². The Bertz CT molecular complexity index is 235. The van der Waals surface area contributed by atoms with Crippen molar-refractivity contribution in [1.82, 2.24) is 0 Å². The Labute approximate surface area is 66.7 Å². The van der Waals surface area contributed by atoms with Crippen LogP contribution in [0.1, 0.15) is 5.56 Å². The predicted molar refractivity (Wildman–Crippen MR) is 38.6 cm³/mol. The van der Waals surface area contributed by atoms with Crippen molar-refractivity contribution in [1.29, 1.82) is 0 Å². The van der Waals surface area contributed by atoms with Crippen LogP contribution in [-0.4, -0.2) is 16.9 Å². The van der Waals surface area contributed by atoms with Gasteiger partial charge in [-0.1, -0.05) is 0 Å². The Hall–Kier alpha value is -0.362. The minimum atomic E-state index is -0.367. The van der Waals surface area contributed by atoms with Crippen molar-refractivity contribution in [2.75, 3.05) is 0 Å². The molecule has 10 heavy (non-hydrogen) atoms. The molecule has 3 heteroatoms. The fourth-order valence-electron chi connectivity index (χ4n) is 0.700. The normalized spacial score (nSPS) is 9.90. The topological polar surface area (TPSA) is 0 Å². The third-order valence-corrected chi connectivity index (χ3v) is 2.15. The second-order valence-corrected chi connectivity index (χ2v) is 2.80. The maximum atomic E-state index is 12.6. The van der Waals surface area contributed by atoms with Gasteiger partial charge in [0.1, 0.15) is 0 Å². The van der Waals surface area contributed by atoms with Crippen LogP contribution in [-0.2, 0) is 5.21 Å². The molecule has 1 rings (SSSR count). The molecular formula is C7H7AsF2. The zero-order valence-corrected chi connectivity index (χ0v) is 7.70. The van der Waals surface area contributed by atoms with Gasteiger partial charge in [0, 0.05) is 0 Å². The molecule has 0 aliphatic carbocycles. The monoisotopic (exact) mass is 204 g/mol. The quantitative estimate of drug-likeness (QED) is 0.601. The van der Waals surface area contributed by atoms with Gasteiger partial charge < -0.3 is 0 Å². The molecule has 0 spiro atoms. The van der Waals surface area contributed by atoms with Crippen LogP contribution >= 0.6 is 0 Å². The summed E-state index contributed by atoms with van der Waals surface area (Å²) in [5, 5.41) is 0.594. The molecule has 1 aromatic rings. The molecule has 0 aromatic heterocycles. The van der Waals surface area contributed by atoms with E-state index in [9.17, 15) is 8.78 Å². The van der Waals surface area contributed by atoms with Gasteiger partial charge in [-0.25, -0.2) is 0 Å². The van der Waals surface area contributed by atoms with E-state index in [0.717, 1.165) is 12.1 Å². The van der Waals surface area contributed by atoms with Crippen LogP contribution in [0.2, 0.25) is 0 Å². The standard InChI is InChI=1S/C7H7AsF2/c8-4-5-3-6(9)1-2-7(5)10/h1-3H,4,8H2. The van der Waals surface area contributed by atoms with Crippen molar-refractivity contribution >= 4 is 16.9 Å². The SMILES string of the molecule is Fc1ccc(F)c(C[AsH2])c1. The molecule has 0 radical (unpaired) electrons. The molecule has 0 aliphatic rings. The summed E-state index contributed by atoms with van der Waals surface area (Å²) in [6, 6.07) is 3.52.